The monoisotopic (exact) mass is 278 g/mol. The lowest BCUT2D eigenvalue weighted by Gasteiger charge is -2.20. The third-order valence-corrected chi connectivity index (χ3v) is 3.68. The molecule has 104 valence electrons. The van der Waals surface area contributed by atoms with Crippen LogP contribution in [0.5, 0.6) is 0 Å². The Morgan fingerprint density at radius 1 is 1.05 bits per heavy atom. The number of hydrogen-bond acceptors (Lipinski definition) is 4. The average molecular weight is 278 g/mol. The molecule has 2 aliphatic carbocycles. The summed E-state index contributed by atoms with van der Waals surface area (Å²) in [6, 6.07) is 3.77. The van der Waals surface area contributed by atoms with Crippen molar-refractivity contribution in [3.05, 3.63) is 70.1 Å². The summed E-state index contributed by atoms with van der Waals surface area (Å²) in [5.41, 5.74) is 4.08. The van der Waals surface area contributed by atoms with Crippen LogP contribution in [0.1, 0.15) is 18.3 Å². The first-order valence-corrected chi connectivity index (χ1v) is 6.74. The van der Waals surface area contributed by atoms with Crippen LogP contribution in [-0.4, -0.2) is 21.8 Å². The second kappa shape index (κ2) is 5.05. The number of aromatic nitrogens is 2. The highest BCUT2D eigenvalue weighted by Gasteiger charge is 2.27. The van der Waals surface area contributed by atoms with Crippen LogP contribution in [0.15, 0.2) is 58.7 Å². The lowest BCUT2D eigenvalue weighted by molar-refractivity contribution is -0.114. The van der Waals surface area contributed by atoms with Gasteiger partial charge in [0.1, 0.15) is 0 Å². The minimum absolute atomic E-state index is 0.0831. The quantitative estimate of drug-likeness (QED) is 0.832. The van der Waals surface area contributed by atoms with Crippen molar-refractivity contribution in [2.45, 2.75) is 20.3 Å². The van der Waals surface area contributed by atoms with Gasteiger partial charge in [0.05, 0.1) is 11.4 Å². The van der Waals surface area contributed by atoms with Crippen LogP contribution in [0.2, 0.25) is 0 Å². The lowest BCUT2D eigenvalue weighted by Crippen LogP contribution is -2.20. The molecule has 0 N–H and O–H groups in total. The Labute approximate surface area is 122 Å². The molecule has 0 radical (unpaired) electrons. The van der Waals surface area contributed by atoms with Crippen molar-refractivity contribution in [3.63, 3.8) is 0 Å². The Balaban J connectivity index is 1.99. The molecule has 0 saturated carbocycles. The second-order valence-electron chi connectivity index (χ2n) is 5.18. The van der Waals surface area contributed by atoms with Crippen LogP contribution in [0.4, 0.5) is 0 Å². The van der Waals surface area contributed by atoms with Crippen molar-refractivity contribution in [3.8, 4) is 0 Å². The number of rotatable bonds is 2. The van der Waals surface area contributed by atoms with Crippen molar-refractivity contribution in [2.24, 2.45) is 0 Å². The number of carbonyl (C=O) groups excluding carboxylic acids is 2. The number of fused-ring (bicyclic) bond motifs is 1. The van der Waals surface area contributed by atoms with Gasteiger partial charge < -0.3 is 0 Å². The smallest absolute Gasteiger partial charge is 0.189 e. The first-order chi connectivity index (χ1) is 10.1. The van der Waals surface area contributed by atoms with Crippen LogP contribution < -0.4 is 0 Å². The Morgan fingerprint density at radius 3 is 2.57 bits per heavy atom. The molecule has 0 bridgehead atoms. The van der Waals surface area contributed by atoms with Gasteiger partial charge in [-0.05, 0) is 43.7 Å². The van der Waals surface area contributed by atoms with E-state index in [1.54, 1.807) is 25.2 Å². The number of ketones is 2. The highest BCUT2D eigenvalue weighted by molar-refractivity contribution is 6.24. The van der Waals surface area contributed by atoms with E-state index in [0.717, 1.165) is 17.0 Å². The van der Waals surface area contributed by atoms with Crippen LogP contribution in [0, 0.1) is 6.92 Å². The molecule has 0 unspecified atom stereocenters. The van der Waals surface area contributed by atoms with Crippen LogP contribution in [0.25, 0.3) is 0 Å². The number of aryl methyl sites for hydroxylation is 1. The van der Waals surface area contributed by atoms with E-state index >= 15 is 0 Å². The van der Waals surface area contributed by atoms with Gasteiger partial charge in [0.2, 0.25) is 0 Å². The fraction of sp³-hybridized carbons (Fsp3) is 0.176. The van der Waals surface area contributed by atoms with Gasteiger partial charge in [-0.2, -0.15) is 10.2 Å². The Morgan fingerprint density at radius 2 is 1.86 bits per heavy atom. The van der Waals surface area contributed by atoms with Crippen molar-refractivity contribution >= 4 is 11.6 Å². The maximum atomic E-state index is 12.4. The molecule has 0 atom stereocenters. The maximum Gasteiger partial charge on any atom is 0.189 e. The summed E-state index contributed by atoms with van der Waals surface area (Å²) in [6.07, 6.45) is 7.10. The van der Waals surface area contributed by atoms with Gasteiger partial charge in [0, 0.05) is 23.1 Å². The second-order valence-corrected chi connectivity index (χ2v) is 5.18. The summed E-state index contributed by atoms with van der Waals surface area (Å²) >= 11 is 0. The molecule has 2 aliphatic rings. The first-order valence-electron chi connectivity index (χ1n) is 6.74. The minimum atomic E-state index is -0.124. The Hall–Kier alpha value is -2.62. The van der Waals surface area contributed by atoms with E-state index in [0.29, 0.717) is 23.1 Å². The van der Waals surface area contributed by atoms with Crippen molar-refractivity contribution in [1.82, 2.24) is 10.2 Å². The molecule has 0 spiro atoms. The summed E-state index contributed by atoms with van der Waals surface area (Å²) in [6.45, 7) is 3.66. The topological polar surface area (TPSA) is 59.9 Å². The SMILES string of the molecule is CC1=C(Cc2ccc(C)nn2)C=C2C(=O)C=CC=C2C1=O. The molecule has 0 aliphatic heterocycles. The molecule has 3 rings (SSSR count). The largest absolute Gasteiger partial charge is 0.289 e. The van der Waals surface area contributed by atoms with Gasteiger partial charge in [-0.25, -0.2) is 0 Å². The van der Waals surface area contributed by atoms with E-state index in [1.807, 2.05) is 19.1 Å². The number of hydrogen-bond donors (Lipinski definition) is 0. The average Bonchev–Trinajstić information content (AvgIpc) is 2.48. The molecule has 0 amide bonds. The Kier molecular flexibility index (Phi) is 3.22. The van der Waals surface area contributed by atoms with Crippen molar-refractivity contribution in [1.29, 1.82) is 0 Å². The number of Topliss-reactive ketones (excluding diaryl/α,β-unsaturated/α-hetero) is 1. The van der Waals surface area contributed by atoms with Crippen molar-refractivity contribution < 1.29 is 9.59 Å². The molecular weight excluding hydrogens is 264 g/mol. The summed E-state index contributed by atoms with van der Waals surface area (Å²) in [5.74, 6) is -0.207. The fourth-order valence-corrected chi connectivity index (χ4v) is 2.42. The molecule has 0 aromatic carbocycles. The maximum absolute atomic E-state index is 12.4. The number of allylic oxidation sites excluding steroid dienone is 8. The molecule has 1 aromatic heterocycles. The standard InChI is InChI=1S/C17H14N2O2/c1-10-6-7-13(19-18-10)8-12-9-15-14(17(21)11(12)2)4-3-5-16(15)20/h3-7,9H,8H2,1-2H3. The van der Waals surface area contributed by atoms with Crippen LogP contribution in [0.3, 0.4) is 0 Å². The highest BCUT2D eigenvalue weighted by Crippen LogP contribution is 2.30. The van der Waals surface area contributed by atoms with Gasteiger partial charge in [0.15, 0.2) is 11.6 Å². The molecule has 0 fully saturated rings. The van der Waals surface area contributed by atoms with Crippen molar-refractivity contribution in [2.75, 3.05) is 0 Å². The molecule has 1 heterocycles. The molecule has 0 saturated heterocycles. The molecule has 4 nitrogen and oxygen atoms in total. The predicted molar refractivity (Wildman–Crippen MR) is 78.5 cm³/mol. The third-order valence-electron chi connectivity index (χ3n) is 3.68. The summed E-state index contributed by atoms with van der Waals surface area (Å²) in [4.78, 5) is 24.3. The zero-order valence-electron chi connectivity index (χ0n) is 11.9. The number of carbonyl (C=O) groups is 2. The van der Waals surface area contributed by atoms with E-state index in [9.17, 15) is 9.59 Å². The Bertz CT molecular complexity index is 762. The first kappa shape index (κ1) is 13.4. The number of nitrogens with zero attached hydrogens (tertiary/aromatic N) is 2. The minimum Gasteiger partial charge on any atom is -0.289 e. The van der Waals surface area contributed by atoms with E-state index in [4.69, 9.17) is 0 Å². The zero-order chi connectivity index (χ0) is 15.0. The summed E-state index contributed by atoms with van der Waals surface area (Å²) < 4.78 is 0. The molecule has 4 heteroatoms. The predicted octanol–water partition coefficient (Wildman–Crippen LogP) is 2.22. The van der Waals surface area contributed by atoms with Gasteiger partial charge >= 0.3 is 0 Å². The van der Waals surface area contributed by atoms with E-state index in [2.05, 4.69) is 10.2 Å². The summed E-state index contributed by atoms with van der Waals surface area (Å²) in [7, 11) is 0. The van der Waals surface area contributed by atoms with Gasteiger partial charge in [-0.1, -0.05) is 12.2 Å². The molecule has 21 heavy (non-hydrogen) atoms. The van der Waals surface area contributed by atoms with E-state index in [-0.39, 0.29) is 11.6 Å². The normalized spacial score (nSPS) is 17.6. The van der Waals surface area contributed by atoms with E-state index < -0.39 is 0 Å². The highest BCUT2D eigenvalue weighted by atomic mass is 16.1. The fourth-order valence-electron chi connectivity index (χ4n) is 2.42. The lowest BCUT2D eigenvalue weighted by atomic mass is 9.82. The van der Waals surface area contributed by atoms with Crippen LogP contribution in [-0.2, 0) is 16.0 Å². The zero-order valence-corrected chi connectivity index (χ0v) is 11.9. The molecule has 1 aromatic rings. The summed E-state index contributed by atoms with van der Waals surface area (Å²) in [5, 5.41) is 8.13. The van der Waals surface area contributed by atoms with Crippen LogP contribution >= 0.6 is 0 Å². The van der Waals surface area contributed by atoms with Gasteiger partial charge in [-0.3, -0.25) is 9.59 Å². The van der Waals surface area contributed by atoms with Gasteiger partial charge in [0.25, 0.3) is 0 Å². The molecular formula is C17H14N2O2. The van der Waals surface area contributed by atoms with Gasteiger partial charge in [-0.15, -0.1) is 0 Å². The third kappa shape index (κ3) is 2.40. The van der Waals surface area contributed by atoms with E-state index in [1.165, 1.54) is 6.08 Å².